The number of hydrogen-bond acceptors (Lipinski definition) is 5. The summed E-state index contributed by atoms with van der Waals surface area (Å²) in [5, 5.41) is 0. The molecule has 0 fully saturated rings. The largest absolute Gasteiger partial charge is 0.465 e. The summed E-state index contributed by atoms with van der Waals surface area (Å²) < 4.78 is 15.5. The number of hydrogen-bond donors (Lipinski definition) is 0. The van der Waals surface area contributed by atoms with Crippen molar-refractivity contribution < 1.29 is 23.8 Å². The molecule has 1 atom stereocenters. The molecule has 1 rings (SSSR count). The second-order valence-electron chi connectivity index (χ2n) is 7.61. The minimum atomic E-state index is -1.02. The zero-order chi connectivity index (χ0) is 19.1. The molecule has 1 aromatic rings. The van der Waals surface area contributed by atoms with Crippen LogP contribution in [0.2, 0.25) is 0 Å². The van der Waals surface area contributed by atoms with E-state index in [9.17, 15) is 9.59 Å². The van der Waals surface area contributed by atoms with Crippen LogP contribution in [-0.4, -0.2) is 52.3 Å². The van der Waals surface area contributed by atoms with Gasteiger partial charge in [-0.15, -0.1) is 0 Å². The number of methoxy groups -OCH3 is 1. The van der Waals surface area contributed by atoms with Crippen molar-refractivity contribution in [3.8, 4) is 0 Å². The molecule has 6 heteroatoms. The van der Waals surface area contributed by atoms with Gasteiger partial charge in [-0.1, -0.05) is 24.3 Å². The Kier molecular flexibility index (Phi) is 8.04. The molecule has 0 N–H and O–H groups in total. The van der Waals surface area contributed by atoms with Crippen molar-refractivity contribution in [1.29, 1.82) is 0 Å². The molecular weight excluding hydrogens is 339 g/mol. The minimum Gasteiger partial charge on any atom is -0.465 e. The molecule has 0 aliphatic heterocycles. The normalized spacial score (nSPS) is 13.8. The first-order valence-electron chi connectivity index (χ1n) is 8.23. The minimum absolute atomic E-state index is 0.0662. The van der Waals surface area contributed by atoms with E-state index in [4.69, 9.17) is 14.2 Å². The lowest BCUT2D eigenvalue weighted by Gasteiger charge is -2.25. The second-order valence-corrected chi connectivity index (χ2v) is 12.5. The molecule has 1 aromatic carbocycles. The third-order valence-electron chi connectivity index (χ3n) is 3.60. The van der Waals surface area contributed by atoms with Crippen LogP contribution in [-0.2, 0) is 36.6 Å². The van der Waals surface area contributed by atoms with E-state index in [0.717, 1.165) is 11.7 Å². The van der Waals surface area contributed by atoms with Crippen LogP contribution in [0.5, 0.6) is 0 Å². The quantitative estimate of drug-likeness (QED) is 0.493. The summed E-state index contributed by atoms with van der Waals surface area (Å²) in [6.07, 6.45) is 1.10. The third-order valence-corrected chi connectivity index (χ3v) is 4.91. The summed E-state index contributed by atoms with van der Waals surface area (Å²) in [4.78, 5) is 23.4. The van der Waals surface area contributed by atoms with Crippen LogP contribution in [0.4, 0.5) is 0 Å². The van der Waals surface area contributed by atoms with Crippen LogP contribution in [0.15, 0.2) is 24.3 Å². The van der Waals surface area contributed by atoms with Gasteiger partial charge < -0.3 is 14.2 Å². The highest BCUT2D eigenvalue weighted by Gasteiger charge is 2.36. The highest BCUT2D eigenvalue weighted by molar-refractivity contribution is 7.72. The lowest BCUT2D eigenvalue weighted by atomic mass is 9.93. The van der Waals surface area contributed by atoms with E-state index in [2.05, 4.69) is 32.1 Å². The Labute approximate surface area is 151 Å². The topological polar surface area (TPSA) is 61.8 Å². The lowest BCUT2D eigenvalue weighted by molar-refractivity contribution is -0.167. The number of ether oxygens (including phenoxy) is 3. The van der Waals surface area contributed by atoms with Gasteiger partial charge in [0, 0.05) is 41.3 Å². The zero-order valence-electron chi connectivity index (χ0n) is 16.1. The standard InChI is InChI=1S/C19H30O5P/c1-15(20)24-14-19(2,13-22-3)18(21)23-11-16-7-9-17(10-8-16)12-25(4,5)6/h7-10H,11-14H2,1-6H3/q+1. The number of benzene rings is 1. The summed E-state index contributed by atoms with van der Waals surface area (Å²) >= 11 is 0. The van der Waals surface area contributed by atoms with Crippen LogP contribution in [0.3, 0.4) is 0 Å². The molecule has 0 amide bonds. The van der Waals surface area contributed by atoms with E-state index >= 15 is 0 Å². The van der Waals surface area contributed by atoms with E-state index in [1.807, 2.05) is 12.1 Å². The van der Waals surface area contributed by atoms with Gasteiger partial charge in [-0.25, -0.2) is 0 Å². The molecule has 0 radical (unpaired) electrons. The summed E-state index contributed by atoms with van der Waals surface area (Å²) in [5.41, 5.74) is 1.21. The van der Waals surface area contributed by atoms with E-state index in [-0.39, 0.29) is 19.8 Å². The first-order chi connectivity index (χ1) is 11.6. The Morgan fingerprint density at radius 1 is 1.00 bits per heavy atom. The van der Waals surface area contributed by atoms with Crippen LogP contribution < -0.4 is 0 Å². The fourth-order valence-corrected chi connectivity index (χ4v) is 3.66. The maximum atomic E-state index is 12.4. The Morgan fingerprint density at radius 3 is 2.04 bits per heavy atom. The van der Waals surface area contributed by atoms with Gasteiger partial charge in [0.1, 0.15) is 18.6 Å². The summed E-state index contributed by atoms with van der Waals surface area (Å²) in [5.74, 6) is -0.882. The Morgan fingerprint density at radius 2 is 1.56 bits per heavy atom. The van der Waals surface area contributed by atoms with Crippen molar-refractivity contribution in [2.24, 2.45) is 5.41 Å². The number of esters is 2. The van der Waals surface area contributed by atoms with Crippen LogP contribution in [0.25, 0.3) is 0 Å². The summed E-state index contributed by atoms with van der Waals surface area (Å²) in [6, 6.07) is 8.14. The highest BCUT2D eigenvalue weighted by atomic mass is 31.2. The van der Waals surface area contributed by atoms with Crippen LogP contribution >= 0.6 is 7.26 Å². The lowest BCUT2D eigenvalue weighted by Crippen LogP contribution is -2.39. The monoisotopic (exact) mass is 369 g/mol. The van der Waals surface area contributed by atoms with Crippen LogP contribution in [0.1, 0.15) is 25.0 Å². The molecule has 0 aromatic heterocycles. The molecule has 140 valence electrons. The number of rotatable bonds is 9. The molecule has 0 heterocycles. The first kappa shape index (κ1) is 21.6. The van der Waals surface area contributed by atoms with Crippen molar-refractivity contribution >= 4 is 19.2 Å². The maximum Gasteiger partial charge on any atom is 0.317 e. The Balaban J connectivity index is 2.65. The molecule has 5 nitrogen and oxygen atoms in total. The first-order valence-corrected chi connectivity index (χ1v) is 11.5. The molecule has 0 saturated heterocycles. The molecule has 0 spiro atoms. The smallest absolute Gasteiger partial charge is 0.317 e. The molecule has 0 aliphatic rings. The average molecular weight is 369 g/mol. The van der Waals surface area contributed by atoms with Gasteiger partial charge in [0.2, 0.25) is 0 Å². The predicted octanol–water partition coefficient (Wildman–Crippen LogP) is 3.35. The highest BCUT2D eigenvalue weighted by Crippen LogP contribution is 2.49. The summed E-state index contributed by atoms with van der Waals surface area (Å²) in [6.45, 7) is 10.1. The fraction of sp³-hybridized carbons (Fsp3) is 0.579. The molecule has 1 unspecified atom stereocenters. The predicted molar refractivity (Wildman–Crippen MR) is 101 cm³/mol. The van der Waals surface area contributed by atoms with Gasteiger partial charge in [0.15, 0.2) is 0 Å². The van der Waals surface area contributed by atoms with Gasteiger partial charge in [-0.2, -0.15) is 0 Å². The van der Waals surface area contributed by atoms with E-state index < -0.39 is 24.6 Å². The molecule has 0 aliphatic carbocycles. The van der Waals surface area contributed by atoms with Crippen molar-refractivity contribution in [2.75, 3.05) is 40.3 Å². The Bertz CT molecular complexity index is 576. The Hall–Kier alpha value is -1.45. The molecule has 0 saturated carbocycles. The molecular formula is C19H30O5P+. The van der Waals surface area contributed by atoms with Crippen LogP contribution in [0, 0.1) is 5.41 Å². The maximum absolute atomic E-state index is 12.4. The fourth-order valence-electron chi connectivity index (χ4n) is 2.35. The summed E-state index contributed by atoms with van der Waals surface area (Å²) in [7, 11) is 0.626. The van der Waals surface area contributed by atoms with E-state index in [1.165, 1.54) is 19.6 Å². The SMILES string of the molecule is COCC(C)(COC(C)=O)C(=O)OCc1ccc(C[P+](C)(C)C)cc1. The van der Waals surface area contributed by atoms with Crippen molar-refractivity contribution in [2.45, 2.75) is 26.6 Å². The van der Waals surface area contributed by atoms with Crippen molar-refractivity contribution in [1.82, 2.24) is 0 Å². The van der Waals surface area contributed by atoms with Gasteiger partial charge >= 0.3 is 11.9 Å². The van der Waals surface area contributed by atoms with Crippen molar-refractivity contribution in [3.63, 3.8) is 0 Å². The second kappa shape index (κ2) is 9.30. The number of carbonyl (C=O) groups is 2. The van der Waals surface area contributed by atoms with Gasteiger partial charge in [-0.3, -0.25) is 9.59 Å². The number of carbonyl (C=O) groups excluding carboxylic acids is 2. The molecule has 25 heavy (non-hydrogen) atoms. The van der Waals surface area contributed by atoms with E-state index in [1.54, 1.807) is 6.92 Å². The van der Waals surface area contributed by atoms with Gasteiger partial charge in [0.25, 0.3) is 0 Å². The third kappa shape index (κ3) is 7.98. The van der Waals surface area contributed by atoms with Gasteiger partial charge in [0.05, 0.1) is 12.8 Å². The zero-order valence-corrected chi connectivity index (χ0v) is 17.0. The average Bonchev–Trinajstić information content (AvgIpc) is 2.51. The van der Waals surface area contributed by atoms with Crippen molar-refractivity contribution in [3.05, 3.63) is 35.4 Å². The van der Waals surface area contributed by atoms with Gasteiger partial charge in [-0.05, 0) is 18.1 Å². The van der Waals surface area contributed by atoms with E-state index in [0.29, 0.717) is 0 Å². The molecule has 0 bridgehead atoms.